The lowest BCUT2D eigenvalue weighted by atomic mass is 10.0. The maximum Gasteiger partial charge on any atom is 0.222 e. The fourth-order valence-electron chi connectivity index (χ4n) is 2.58. The molecule has 2 atom stereocenters. The van der Waals surface area contributed by atoms with Crippen LogP contribution in [0, 0.1) is 11.8 Å². The van der Waals surface area contributed by atoms with Gasteiger partial charge in [-0.05, 0) is 44.6 Å². The van der Waals surface area contributed by atoms with E-state index in [0.717, 1.165) is 31.8 Å². The molecular formula is C13H24N2O. The lowest BCUT2D eigenvalue weighted by Gasteiger charge is -2.26. The van der Waals surface area contributed by atoms with Gasteiger partial charge >= 0.3 is 0 Å². The highest BCUT2D eigenvalue weighted by atomic mass is 16.2. The van der Waals surface area contributed by atoms with Gasteiger partial charge in [-0.3, -0.25) is 4.79 Å². The van der Waals surface area contributed by atoms with Crippen LogP contribution in [0.2, 0.25) is 0 Å². The number of hydrogen-bond acceptors (Lipinski definition) is 2. The molecule has 0 spiro atoms. The van der Waals surface area contributed by atoms with Crippen LogP contribution in [0.3, 0.4) is 0 Å². The Morgan fingerprint density at radius 1 is 1.38 bits per heavy atom. The van der Waals surface area contributed by atoms with Gasteiger partial charge < -0.3 is 10.2 Å². The minimum Gasteiger partial charge on any atom is -0.341 e. The molecule has 1 N–H and O–H groups in total. The number of likely N-dealkylation sites (N-methyl/N-ethyl adjacent to an activating group) is 1. The Labute approximate surface area is 98.6 Å². The van der Waals surface area contributed by atoms with Crippen molar-refractivity contribution >= 4 is 5.91 Å². The fraction of sp³-hybridized carbons (Fsp3) is 0.923. The molecule has 1 aliphatic carbocycles. The normalized spacial score (nSPS) is 29.0. The van der Waals surface area contributed by atoms with Crippen molar-refractivity contribution in [3.05, 3.63) is 0 Å². The molecule has 2 fully saturated rings. The van der Waals surface area contributed by atoms with Crippen LogP contribution in [-0.4, -0.2) is 37.0 Å². The third kappa shape index (κ3) is 2.97. The van der Waals surface area contributed by atoms with E-state index >= 15 is 0 Å². The SMILES string of the molecule is CNC(CN1CCC(C)CCC1=O)C1CC1. The molecule has 0 radical (unpaired) electrons. The van der Waals surface area contributed by atoms with E-state index < -0.39 is 0 Å². The number of carbonyl (C=O) groups is 1. The molecule has 2 unspecified atom stereocenters. The predicted octanol–water partition coefficient (Wildman–Crippen LogP) is 1.63. The van der Waals surface area contributed by atoms with E-state index in [4.69, 9.17) is 0 Å². The molecule has 3 heteroatoms. The average molecular weight is 224 g/mol. The highest BCUT2D eigenvalue weighted by Crippen LogP contribution is 2.33. The molecule has 2 aliphatic rings. The lowest BCUT2D eigenvalue weighted by Crippen LogP contribution is -2.43. The highest BCUT2D eigenvalue weighted by Gasteiger charge is 2.32. The van der Waals surface area contributed by atoms with Crippen LogP contribution in [0.4, 0.5) is 0 Å². The van der Waals surface area contributed by atoms with Gasteiger partial charge in [-0.2, -0.15) is 0 Å². The van der Waals surface area contributed by atoms with Crippen LogP contribution in [0.15, 0.2) is 0 Å². The Morgan fingerprint density at radius 3 is 2.75 bits per heavy atom. The van der Waals surface area contributed by atoms with E-state index in [9.17, 15) is 4.79 Å². The Hall–Kier alpha value is -0.570. The van der Waals surface area contributed by atoms with Gasteiger partial charge in [-0.25, -0.2) is 0 Å². The van der Waals surface area contributed by atoms with Crippen LogP contribution in [0.25, 0.3) is 0 Å². The summed E-state index contributed by atoms with van der Waals surface area (Å²) in [4.78, 5) is 14.0. The van der Waals surface area contributed by atoms with Gasteiger partial charge in [0.15, 0.2) is 0 Å². The predicted molar refractivity (Wildman–Crippen MR) is 65.2 cm³/mol. The molecule has 0 aromatic rings. The molecular weight excluding hydrogens is 200 g/mol. The third-order valence-corrected chi connectivity index (χ3v) is 4.07. The molecule has 16 heavy (non-hydrogen) atoms. The van der Waals surface area contributed by atoms with Crippen molar-refractivity contribution in [3.63, 3.8) is 0 Å². The maximum absolute atomic E-state index is 12.0. The van der Waals surface area contributed by atoms with Crippen LogP contribution in [-0.2, 0) is 4.79 Å². The van der Waals surface area contributed by atoms with Crippen LogP contribution < -0.4 is 5.32 Å². The number of nitrogens with one attached hydrogen (secondary N) is 1. The highest BCUT2D eigenvalue weighted by molar-refractivity contribution is 5.76. The monoisotopic (exact) mass is 224 g/mol. The van der Waals surface area contributed by atoms with Crippen molar-refractivity contribution in [2.45, 2.75) is 45.1 Å². The van der Waals surface area contributed by atoms with Gasteiger partial charge in [0.1, 0.15) is 0 Å². The van der Waals surface area contributed by atoms with E-state index in [1.807, 2.05) is 7.05 Å². The van der Waals surface area contributed by atoms with E-state index in [-0.39, 0.29) is 0 Å². The standard InChI is InChI=1S/C13H24N2O/c1-10-3-6-13(16)15(8-7-10)9-12(14-2)11-4-5-11/h10-12,14H,3-9H2,1-2H3. The maximum atomic E-state index is 12.0. The van der Waals surface area contributed by atoms with Crippen LogP contribution >= 0.6 is 0 Å². The van der Waals surface area contributed by atoms with E-state index in [0.29, 0.717) is 17.9 Å². The molecule has 0 aromatic heterocycles. The van der Waals surface area contributed by atoms with Gasteiger partial charge in [0.2, 0.25) is 5.91 Å². The first-order chi connectivity index (χ1) is 7.70. The fourth-order valence-corrected chi connectivity index (χ4v) is 2.58. The summed E-state index contributed by atoms with van der Waals surface area (Å²) < 4.78 is 0. The van der Waals surface area contributed by atoms with E-state index in [1.165, 1.54) is 19.3 Å². The molecule has 0 aromatic carbocycles. The zero-order chi connectivity index (χ0) is 11.5. The second kappa shape index (κ2) is 5.17. The summed E-state index contributed by atoms with van der Waals surface area (Å²) in [7, 11) is 2.02. The second-order valence-corrected chi connectivity index (χ2v) is 5.50. The molecule has 2 rings (SSSR count). The quantitative estimate of drug-likeness (QED) is 0.787. The Kier molecular flexibility index (Phi) is 3.85. The van der Waals surface area contributed by atoms with Crippen molar-refractivity contribution in [1.29, 1.82) is 0 Å². The number of likely N-dealkylation sites (tertiary alicyclic amines) is 1. The largest absolute Gasteiger partial charge is 0.341 e. The first-order valence-electron chi connectivity index (χ1n) is 6.65. The number of rotatable bonds is 4. The first-order valence-corrected chi connectivity index (χ1v) is 6.65. The summed E-state index contributed by atoms with van der Waals surface area (Å²) in [6.45, 7) is 4.14. The molecule has 1 aliphatic heterocycles. The number of amides is 1. The Bertz CT molecular complexity index is 250. The zero-order valence-corrected chi connectivity index (χ0v) is 10.5. The van der Waals surface area contributed by atoms with Crippen molar-refractivity contribution in [1.82, 2.24) is 10.2 Å². The molecule has 1 saturated carbocycles. The number of nitrogens with zero attached hydrogens (tertiary/aromatic N) is 1. The summed E-state index contributed by atoms with van der Waals surface area (Å²) in [5, 5.41) is 3.37. The van der Waals surface area contributed by atoms with Crippen molar-refractivity contribution in [2.75, 3.05) is 20.1 Å². The summed E-state index contributed by atoms with van der Waals surface area (Å²) in [5.41, 5.74) is 0. The summed E-state index contributed by atoms with van der Waals surface area (Å²) >= 11 is 0. The van der Waals surface area contributed by atoms with Gasteiger partial charge in [0.25, 0.3) is 0 Å². The molecule has 92 valence electrons. The van der Waals surface area contributed by atoms with Gasteiger partial charge in [-0.15, -0.1) is 0 Å². The van der Waals surface area contributed by atoms with Crippen LogP contribution in [0.1, 0.15) is 39.0 Å². The molecule has 1 saturated heterocycles. The summed E-state index contributed by atoms with van der Waals surface area (Å²) in [6, 6.07) is 0.525. The Morgan fingerprint density at radius 2 is 2.12 bits per heavy atom. The van der Waals surface area contributed by atoms with Gasteiger partial charge in [0.05, 0.1) is 0 Å². The van der Waals surface area contributed by atoms with Crippen molar-refractivity contribution < 1.29 is 4.79 Å². The molecule has 1 heterocycles. The number of carbonyl (C=O) groups excluding carboxylic acids is 1. The number of hydrogen-bond donors (Lipinski definition) is 1. The molecule has 1 amide bonds. The smallest absolute Gasteiger partial charge is 0.222 e. The van der Waals surface area contributed by atoms with Gasteiger partial charge in [-0.1, -0.05) is 6.92 Å². The van der Waals surface area contributed by atoms with Crippen LogP contribution in [0.5, 0.6) is 0 Å². The summed E-state index contributed by atoms with van der Waals surface area (Å²) in [5.74, 6) is 1.90. The van der Waals surface area contributed by atoms with E-state index in [1.54, 1.807) is 0 Å². The second-order valence-electron chi connectivity index (χ2n) is 5.50. The first kappa shape index (κ1) is 11.9. The third-order valence-electron chi connectivity index (χ3n) is 4.07. The van der Waals surface area contributed by atoms with Gasteiger partial charge in [0, 0.05) is 25.6 Å². The van der Waals surface area contributed by atoms with Crippen molar-refractivity contribution in [2.24, 2.45) is 11.8 Å². The summed E-state index contributed by atoms with van der Waals surface area (Å²) in [6.07, 6.45) is 5.67. The zero-order valence-electron chi connectivity index (χ0n) is 10.5. The minimum absolute atomic E-state index is 0.366. The molecule has 0 bridgehead atoms. The lowest BCUT2D eigenvalue weighted by molar-refractivity contribution is -0.131. The average Bonchev–Trinajstić information content (AvgIpc) is 3.09. The topological polar surface area (TPSA) is 32.3 Å². The molecule has 3 nitrogen and oxygen atoms in total. The van der Waals surface area contributed by atoms with Crippen molar-refractivity contribution in [3.8, 4) is 0 Å². The van der Waals surface area contributed by atoms with E-state index in [2.05, 4.69) is 17.1 Å². The Balaban J connectivity index is 1.88. The minimum atomic E-state index is 0.366.